The van der Waals surface area contributed by atoms with E-state index < -0.39 is 4.92 Å². The highest BCUT2D eigenvalue weighted by Gasteiger charge is 2.28. The highest BCUT2D eigenvalue weighted by atomic mass is 16.6. The fourth-order valence-electron chi connectivity index (χ4n) is 2.84. The van der Waals surface area contributed by atoms with Crippen LogP contribution >= 0.6 is 0 Å². The zero-order valence-corrected chi connectivity index (χ0v) is 12.4. The van der Waals surface area contributed by atoms with Crippen molar-refractivity contribution in [1.29, 1.82) is 0 Å². The standard InChI is InChI=1S/C15H21N3O3/c1-15(7-3-4-8-15)10-17-13-6-5-11(18(20)21)9-12(13)14(19)16-2/h5-6,9,17H,3-4,7-8,10H2,1-2H3,(H,16,19). The largest absolute Gasteiger partial charge is 0.384 e. The number of nitrogens with zero attached hydrogens (tertiary/aromatic N) is 1. The number of carbonyl (C=O) groups excluding carboxylic acids is 1. The molecule has 1 aliphatic rings. The number of benzene rings is 1. The van der Waals surface area contributed by atoms with Gasteiger partial charge in [0.2, 0.25) is 0 Å². The number of hydrogen-bond acceptors (Lipinski definition) is 4. The molecular weight excluding hydrogens is 270 g/mol. The fraction of sp³-hybridized carbons (Fsp3) is 0.533. The second kappa shape index (κ2) is 6.11. The van der Waals surface area contributed by atoms with Gasteiger partial charge in [0, 0.05) is 31.4 Å². The number of rotatable bonds is 5. The summed E-state index contributed by atoms with van der Waals surface area (Å²) in [7, 11) is 1.52. The van der Waals surface area contributed by atoms with E-state index in [2.05, 4.69) is 17.6 Å². The van der Waals surface area contributed by atoms with Crippen molar-refractivity contribution in [3.8, 4) is 0 Å². The lowest BCUT2D eigenvalue weighted by molar-refractivity contribution is -0.384. The summed E-state index contributed by atoms with van der Waals surface area (Å²) in [6.45, 7) is 3.01. The Morgan fingerprint density at radius 3 is 2.62 bits per heavy atom. The van der Waals surface area contributed by atoms with Crippen LogP contribution in [0.25, 0.3) is 0 Å². The Morgan fingerprint density at radius 2 is 2.05 bits per heavy atom. The van der Waals surface area contributed by atoms with Gasteiger partial charge in [0.15, 0.2) is 0 Å². The molecular formula is C15H21N3O3. The lowest BCUT2D eigenvalue weighted by atomic mass is 9.89. The average molecular weight is 291 g/mol. The van der Waals surface area contributed by atoms with Crippen molar-refractivity contribution < 1.29 is 9.72 Å². The van der Waals surface area contributed by atoms with Gasteiger partial charge in [-0.2, -0.15) is 0 Å². The SMILES string of the molecule is CNC(=O)c1cc([N+](=O)[O-])ccc1NCC1(C)CCCC1. The number of hydrogen-bond donors (Lipinski definition) is 2. The number of nitrogens with one attached hydrogen (secondary N) is 2. The molecule has 0 bridgehead atoms. The molecule has 0 heterocycles. The molecule has 1 aromatic rings. The first-order valence-electron chi connectivity index (χ1n) is 7.20. The summed E-state index contributed by atoms with van der Waals surface area (Å²) in [6, 6.07) is 4.35. The Hall–Kier alpha value is -2.11. The van der Waals surface area contributed by atoms with Crippen LogP contribution < -0.4 is 10.6 Å². The molecule has 21 heavy (non-hydrogen) atoms. The number of amides is 1. The molecule has 2 rings (SSSR count). The summed E-state index contributed by atoms with van der Waals surface area (Å²) in [5.41, 5.74) is 1.12. The minimum absolute atomic E-state index is 0.0776. The molecule has 0 aromatic heterocycles. The highest BCUT2D eigenvalue weighted by molar-refractivity contribution is 6.00. The van der Waals surface area contributed by atoms with Crippen LogP contribution in [0.15, 0.2) is 18.2 Å². The smallest absolute Gasteiger partial charge is 0.270 e. The van der Waals surface area contributed by atoms with Gasteiger partial charge >= 0.3 is 0 Å². The number of nitro groups is 1. The summed E-state index contributed by atoms with van der Waals surface area (Å²) < 4.78 is 0. The molecule has 0 atom stereocenters. The van der Waals surface area contributed by atoms with Gasteiger partial charge in [-0.3, -0.25) is 14.9 Å². The molecule has 0 radical (unpaired) electrons. The van der Waals surface area contributed by atoms with Gasteiger partial charge in [0.1, 0.15) is 0 Å². The summed E-state index contributed by atoms with van der Waals surface area (Å²) in [6.07, 6.45) is 4.81. The Balaban J connectivity index is 2.21. The zero-order valence-electron chi connectivity index (χ0n) is 12.4. The van der Waals surface area contributed by atoms with E-state index in [-0.39, 0.29) is 17.0 Å². The van der Waals surface area contributed by atoms with Crippen molar-refractivity contribution in [3.05, 3.63) is 33.9 Å². The predicted octanol–water partition coefficient (Wildman–Crippen LogP) is 2.95. The maximum atomic E-state index is 11.9. The molecule has 6 nitrogen and oxygen atoms in total. The van der Waals surface area contributed by atoms with Crippen LogP contribution in [0.1, 0.15) is 43.0 Å². The van der Waals surface area contributed by atoms with Crippen LogP contribution in [0.5, 0.6) is 0 Å². The van der Waals surface area contributed by atoms with Crippen molar-refractivity contribution in [3.63, 3.8) is 0 Å². The van der Waals surface area contributed by atoms with Crippen molar-refractivity contribution in [1.82, 2.24) is 5.32 Å². The topological polar surface area (TPSA) is 84.3 Å². The first-order chi connectivity index (χ1) is 9.95. The van der Waals surface area contributed by atoms with Gasteiger partial charge in [-0.1, -0.05) is 19.8 Å². The molecule has 1 fully saturated rings. The van der Waals surface area contributed by atoms with Gasteiger partial charge < -0.3 is 10.6 Å². The Labute approximate surface area is 124 Å². The first-order valence-corrected chi connectivity index (χ1v) is 7.20. The van der Waals surface area contributed by atoms with E-state index in [1.165, 1.54) is 44.9 Å². The van der Waals surface area contributed by atoms with E-state index in [1.807, 2.05) is 0 Å². The van der Waals surface area contributed by atoms with Crippen LogP contribution in [0.3, 0.4) is 0 Å². The van der Waals surface area contributed by atoms with E-state index in [1.54, 1.807) is 6.07 Å². The third-order valence-electron chi connectivity index (χ3n) is 4.20. The van der Waals surface area contributed by atoms with E-state index in [9.17, 15) is 14.9 Å². The molecule has 1 saturated carbocycles. The van der Waals surface area contributed by atoms with E-state index >= 15 is 0 Å². The van der Waals surface area contributed by atoms with Crippen molar-refractivity contribution in [2.75, 3.05) is 18.9 Å². The van der Waals surface area contributed by atoms with Gasteiger partial charge in [0.25, 0.3) is 11.6 Å². The third kappa shape index (κ3) is 3.51. The van der Waals surface area contributed by atoms with Gasteiger partial charge in [0.05, 0.1) is 10.5 Å². The van der Waals surface area contributed by atoms with E-state index in [0.717, 1.165) is 6.54 Å². The lowest BCUT2D eigenvalue weighted by Gasteiger charge is -2.25. The van der Waals surface area contributed by atoms with Gasteiger partial charge in [-0.05, 0) is 24.3 Å². The van der Waals surface area contributed by atoms with Gasteiger partial charge in [-0.15, -0.1) is 0 Å². The van der Waals surface area contributed by atoms with Crippen LogP contribution in [-0.2, 0) is 0 Å². The summed E-state index contributed by atoms with van der Waals surface area (Å²) in [4.78, 5) is 22.3. The number of non-ortho nitro benzene ring substituents is 1. The van der Waals surface area contributed by atoms with E-state index in [4.69, 9.17) is 0 Å². The van der Waals surface area contributed by atoms with E-state index in [0.29, 0.717) is 11.3 Å². The molecule has 0 aliphatic heterocycles. The quantitative estimate of drug-likeness (QED) is 0.645. The molecule has 0 spiro atoms. The minimum atomic E-state index is -0.492. The summed E-state index contributed by atoms with van der Waals surface area (Å²) >= 11 is 0. The Bertz CT molecular complexity index is 551. The normalized spacial score (nSPS) is 16.5. The number of anilines is 1. The molecule has 0 unspecified atom stereocenters. The third-order valence-corrected chi connectivity index (χ3v) is 4.20. The maximum Gasteiger partial charge on any atom is 0.270 e. The predicted molar refractivity (Wildman–Crippen MR) is 81.6 cm³/mol. The van der Waals surface area contributed by atoms with Crippen molar-refractivity contribution in [2.24, 2.45) is 5.41 Å². The fourth-order valence-corrected chi connectivity index (χ4v) is 2.84. The molecule has 1 amide bonds. The summed E-state index contributed by atoms with van der Waals surface area (Å²) in [5.74, 6) is -0.322. The molecule has 6 heteroatoms. The first kappa shape index (κ1) is 15.3. The second-order valence-corrected chi connectivity index (χ2v) is 5.94. The second-order valence-electron chi connectivity index (χ2n) is 5.94. The molecule has 2 N–H and O–H groups in total. The Morgan fingerprint density at radius 1 is 1.38 bits per heavy atom. The number of nitro benzene ring substituents is 1. The average Bonchev–Trinajstić information content (AvgIpc) is 2.91. The molecule has 0 saturated heterocycles. The number of carbonyl (C=O) groups is 1. The van der Waals surface area contributed by atoms with Gasteiger partial charge in [-0.25, -0.2) is 0 Å². The lowest BCUT2D eigenvalue weighted by Crippen LogP contribution is -2.25. The van der Waals surface area contributed by atoms with Crippen LogP contribution in [-0.4, -0.2) is 24.4 Å². The molecule has 1 aliphatic carbocycles. The minimum Gasteiger partial charge on any atom is -0.384 e. The maximum absolute atomic E-state index is 11.9. The van der Waals surface area contributed by atoms with Crippen LogP contribution in [0.4, 0.5) is 11.4 Å². The monoisotopic (exact) mass is 291 g/mol. The zero-order chi connectivity index (χ0) is 15.5. The molecule has 114 valence electrons. The van der Waals surface area contributed by atoms with Crippen molar-refractivity contribution >= 4 is 17.3 Å². The summed E-state index contributed by atoms with van der Waals surface area (Å²) in [5, 5.41) is 16.7. The van der Waals surface area contributed by atoms with Crippen molar-refractivity contribution in [2.45, 2.75) is 32.6 Å². The highest BCUT2D eigenvalue weighted by Crippen LogP contribution is 2.37. The Kier molecular flexibility index (Phi) is 4.45. The molecule has 1 aromatic carbocycles. The van der Waals surface area contributed by atoms with Crippen LogP contribution in [0.2, 0.25) is 0 Å². The van der Waals surface area contributed by atoms with Crippen LogP contribution in [0, 0.1) is 15.5 Å².